The molecule has 1 aliphatic rings. The van der Waals surface area contributed by atoms with Crippen molar-refractivity contribution in [2.24, 2.45) is 5.92 Å². The maximum absolute atomic E-state index is 12.6. The Morgan fingerprint density at radius 3 is 2.09 bits per heavy atom. The van der Waals surface area contributed by atoms with Gasteiger partial charge in [0.15, 0.2) is 6.29 Å². The molecule has 1 aliphatic heterocycles. The van der Waals surface area contributed by atoms with E-state index >= 15 is 0 Å². The number of amides is 1. The maximum Gasteiger partial charge on any atom is 0.255 e. The molecule has 4 aromatic rings. The Balaban J connectivity index is 1.35. The highest BCUT2D eigenvalue weighted by Crippen LogP contribution is 2.42. The van der Waals surface area contributed by atoms with Crippen LogP contribution in [-0.2, 0) is 16.1 Å². The van der Waals surface area contributed by atoms with Crippen molar-refractivity contribution in [3.8, 4) is 0 Å². The first-order valence-corrected chi connectivity index (χ1v) is 14.7. The molecule has 0 unspecified atom stereocenters. The number of aliphatic hydroxyl groups excluding tert-OH is 2. The third kappa shape index (κ3) is 7.39. The van der Waals surface area contributed by atoms with Crippen LogP contribution < -0.4 is 5.32 Å². The number of anilines is 1. The molecular formula is C36H40N2O5. The van der Waals surface area contributed by atoms with Gasteiger partial charge in [0.1, 0.15) is 0 Å². The van der Waals surface area contributed by atoms with E-state index in [1.807, 2.05) is 111 Å². The molecule has 1 saturated heterocycles. The van der Waals surface area contributed by atoms with Crippen LogP contribution in [0.2, 0.25) is 0 Å². The van der Waals surface area contributed by atoms with E-state index in [1.54, 1.807) is 12.1 Å². The first-order chi connectivity index (χ1) is 20.8. The van der Waals surface area contributed by atoms with Crippen molar-refractivity contribution < 1.29 is 24.5 Å². The molecule has 7 heteroatoms. The zero-order valence-electron chi connectivity index (χ0n) is 24.8. The second-order valence-electron chi connectivity index (χ2n) is 11.3. The fourth-order valence-electron chi connectivity index (χ4n) is 5.46. The van der Waals surface area contributed by atoms with Gasteiger partial charge in [-0.3, -0.25) is 9.69 Å². The van der Waals surface area contributed by atoms with Gasteiger partial charge >= 0.3 is 0 Å². The van der Waals surface area contributed by atoms with E-state index in [1.165, 1.54) is 0 Å². The van der Waals surface area contributed by atoms with Gasteiger partial charge in [-0.2, -0.15) is 0 Å². The Bertz CT molecular complexity index is 1450. The Morgan fingerprint density at radius 2 is 1.47 bits per heavy atom. The van der Waals surface area contributed by atoms with Crippen LogP contribution in [0.3, 0.4) is 0 Å². The summed E-state index contributed by atoms with van der Waals surface area (Å²) < 4.78 is 13.2. The SMILES string of the molecule is C[C@@H]1[C@H](CN(C)[C@H](C)[C@@H](O)c2ccccc2)O[C@H](c2ccc(NC(=O)c3ccccc3)cc2)O[C@@H]1c1ccc(CO)cc1. The van der Waals surface area contributed by atoms with E-state index in [0.29, 0.717) is 17.8 Å². The van der Waals surface area contributed by atoms with Gasteiger partial charge in [0, 0.05) is 35.3 Å². The summed E-state index contributed by atoms with van der Waals surface area (Å²) in [5.41, 5.74) is 4.84. The van der Waals surface area contributed by atoms with Crippen molar-refractivity contribution in [3.05, 3.63) is 137 Å². The minimum atomic E-state index is -0.641. The molecule has 1 amide bonds. The average molecular weight is 581 g/mol. The summed E-state index contributed by atoms with van der Waals surface area (Å²) in [6, 6.07) is 34.0. The zero-order valence-corrected chi connectivity index (χ0v) is 24.8. The number of carbonyl (C=O) groups excluding carboxylic acids is 1. The minimum Gasteiger partial charge on any atom is -0.392 e. The van der Waals surface area contributed by atoms with Crippen molar-refractivity contribution >= 4 is 11.6 Å². The molecule has 0 saturated carbocycles. The molecule has 6 atom stereocenters. The maximum atomic E-state index is 12.6. The van der Waals surface area contributed by atoms with Crippen molar-refractivity contribution in [1.82, 2.24) is 4.90 Å². The molecule has 0 aliphatic carbocycles. The molecule has 1 fully saturated rings. The smallest absolute Gasteiger partial charge is 0.255 e. The number of aliphatic hydroxyl groups is 2. The van der Waals surface area contributed by atoms with Crippen molar-refractivity contribution in [1.29, 1.82) is 0 Å². The lowest BCUT2D eigenvalue weighted by molar-refractivity contribution is -0.276. The highest BCUT2D eigenvalue weighted by Gasteiger charge is 2.39. The molecule has 0 spiro atoms. The standard InChI is InChI=1S/C36H40N2O5/c1-24-32(22-38(3)25(2)33(40)27-10-6-4-7-11-27)42-36(43-34(24)28-16-14-26(23-39)15-17-28)30-18-20-31(21-19-30)37-35(41)29-12-8-5-9-13-29/h4-21,24-25,32-34,36,39-40H,22-23H2,1-3H3,(H,37,41)/t24-,25-,32+,33-,34+,36+/m1/s1. The molecule has 4 aromatic carbocycles. The summed E-state index contributed by atoms with van der Waals surface area (Å²) in [5.74, 6) is -0.169. The van der Waals surface area contributed by atoms with Crippen LogP contribution in [0.15, 0.2) is 109 Å². The molecule has 43 heavy (non-hydrogen) atoms. The van der Waals surface area contributed by atoms with Gasteiger partial charge in [-0.15, -0.1) is 0 Å². The van der Waals surface area contributed by atoms with Gasteiger partial charge in [-0.25, -0.2) is 0 Å². The van der Waals surface area contributed by atoms with Crippen LogP contribution in [0.1, 0.15) is 65.0 Å². The molecule has 5 rings (SSSR count). The highest BCUT2D eigenvalue weighted by molar-refractivity contribution is 6.04. The number of ether oxygens (including phenoxy) is 2. The molecular weight excluding hydrogens is 540 g/mol. The normalized spacial score (nSPS) is 21.7. The first kappa shape index (κ1) is 30.6. The number of hydrogen-bond donors (Lipinski definition) is 3. The summed E-state index contributed by atoms with van der Waals surface area (Å²) >= 11 is 0. The molecule has 224 valence electrons. The lowest BCUT2D eigenvalue weighted by Crippen LogP contribution is -2.46. The second kappa shape index (κ2) is 14.1. The molecule has 0 radical (unpaired) electrons. The summed E-state index contributed by atoms with van der Waals surface area (Å²) in [4.78, 5) is 14.8. The second-order valence-corrected chi connectivity index (χ2v) is 11.3. The minimum absolute atomic E-state index is 0.00387. The lowest BCUT2D eigenvalue weighted by atomic mass is 9.89. The Morgan fingerprint density at radius 1 is 0.860 bits per heavy atom. The van der Waals surface area contributed by atoms with E-state index in [-0.39, 0.29) is 36.7 Å². The molecule has 1 heterocycles. The number of hydrogen-bond acceptors (Lipinski definition) is 6. The molecule has 0 aromatic heterocycles. The predicted octanol–water partition coefficient (Wildman–Crippen LogP) is 6.28. The van der Waals surface area contributed by atoms with Crippen LogP contribution in [0.25, 0.3) is 0 Å². The summed E-state index contributed by atoms with van der Waals surface area (Å²) in [7, 11) is 2.01. The predicted molar refractivity (Wildman–Crippen MR) is 167 cm³/mol. The van der Waals surface area contributed by atoms with Crippen LogP contribution in [0.5, 0.6) is 0 Å². The van der Waals surface area contributed by atoms with Gasteiger partial charge in [0.05, 0.1) is 24.9 Å². The Labute approximate surface area is 253 Å². The van der Waals surface area contributed by atoms with Crippen molar-refractivity contribution in [2.75, 3.05) is 18.9 Å². The summed E-state index contributed by atoms with van der Waals surface area (Å²) in [6.07, 6.45) is -1.73. The van der Waals surface area contributed by atoms with E-state index in [4.69, 9.17) is 9.47 Å². The quantitative estimate of drug-likeness (QED) is 0.205. The summed E-state index contributed by atoms with van der Waals surface area (Å²) in [5, 5.41) is 23.5. The van der Waals surface area contributed by atoms with Crippen LogP contribution in [0.4, 0.5) is 5.69 Å². The van der Waals surface area contributed by atoms with Gasteiger partial charge < -0.3 is 25.0 Å². The fourth-order valence-corrected chi connectivity index (χ4v) is 5.46. The zero-order chi connectivity index (χ0) is 30.3. The number of benzene rings is 4. The number of rotatable bonds is 10. The number of nitrogens with one attached hydrogen (secondary N) is 1. The first-order valence-electron chi connectivity index (χ1n) is 14.7. The monoisotopic (exact) mass is 580 g/mol. The lowest BCUT2D eigenvalue weighted by Gasteiger charge is -2.43. The highest BCUT2D eigenvalue weighted by atomic mass is 16.7. The van der Waals surface area contributed by atoms with E-state index in [0.717, 1.165) is 22.3 Å². The summed E-state index contributed by atoms with van der Waals surface area (Å²) in [6.45, 7) is 4.71. The van der Waals surface area contributed by atoms with Gasteiger partial charge in [-0.1, -0.05) is 91.9 Å². The number of carbonyl (C=O) groups is 1. The fraction of sp³-hybridized carbons (Fsp3) is 0.306. The van der Waals surface area contributed by atoms with Gasteiger partial charge in [0.2, 0.25) is 0 Å². The molecule has 7 nitrogen and oxygen atoms in total. The largest absolute Gasteiger partial charge is 0.392 e. The van der Waals surface area contributed by atoms with Crippen LogP contribution in [0, 0.1) is 5.92 Å². The van der Waals surface area contributed by atoms with E-state index in [9.17, 15) is 15.0 Å². The number of nitrogens with zero attached hydrogens (tertiary/aromatic N) is 1. The van der Waals surface area contributed by atoms with E-state index < -0.39 is 12.4 Å². The number of likely N-dealkylation sites (N-methyl/N-ethyl adjacent to an activating group) is 1. The van der Waals surface area contributed by atoms with Crippen molar-refractivity contribution in [3.63, 3.8) is 0 Å². The van der Waals surface area contributed by atoms with Gasteiger partial charge in [0.25, 0.3) is 5.91 Å². The third-order valence-electron chi connectivity index (χ3n) is 8.36. The van der Waals surface area contributed by atoms with Crippen molar-refractivity contribution in [2.45, 2.75) is 51.1 Å². The van der Waals surface area contributed by atoms with Gasteiger partial charge in [-0.05, 0) is 54.9 Å². The molecule has 3 N–H and O–H groups in total. The Hall–Kier alpha value is -3.85. The van der Waals surface area contributed by atoms with Crippen LogP contribution in [-0.4, -0.2) is 46.8 Å². The van der Waals surface area contributed by atoms with E-state index in [2.05, 4.69) is 17.1 Å². The topological polar surface area (TPSA) is 91.3 Å². The third-order valence-corrected chi connectivity index (χ3v) is 8.36. The Kier molecular flexibility index (Phi) is 10.0. The average Bonchev–Trinajstić information content (AvgIpc) is 3.06. The van der Waals surface area contributed by atoms with Crippen LogP contribution >= 0.6 is 0 Å². The molecule has 0 bridgehead atoms.